The molecule has 2 aromatic rings. The van der Waals surface area contributed by atoms with Gasteiger partial charge in [0.2, 0.25) is 0 Å². The van der Waals surface area contributed by atoms with Gasteiger partial charge in [0.15, 0.2) is 0 Å². The molecule has 8 heteroatoms. The molecule has 160 valence electrons. The summed E-state index contributed by atoms with van der Waals surface area (Å²) in [6.07, 6.45) is 5.30. The van der Waals surface area contributed by atoms with Crippen LogP contribution in [-0.4, -0.2) is 38.0 Å². The van der Waals surface area contributed by atoms with Gasteiger partial charge in [0.1, 0.15) is 10.8 Å². The van der Waals surface area contributed by atoms with Crippen molar-refractivity contribution < 1.29 is 23.9 Å². The summed E-state index contributed by atoms with van der Waals surface area (Å²) in [6, 6.07) is 6.93. The quantitative estimate of drug-likeness (QED) is 0.671. The number of amides is 2. The number of hydrogen-bond donors (Lipinski definition) is 2. The number of anilines is 1. The first kappa shape index (κ1) is 21.8. The van der Waals surface area contributed by atoms with Gasteiger partial charge < -0.3 is 20.1 Å². The maximum Gasteiger partial charge on any atom is 0.341 e. The van der Waals surface area contributed by atoms with Crippen LogP contribution in [0.3, 0.4) is 0 Å². The summed E-state index contributed by atoms with van der Waals surface area (Å²) in [7, 11) is 2.75. The SMILES string of the molecule is COC(=O)c1c(NC(=O)c2ccccc2OC)sc(C(=O)NC2CCCCC2)c1C. The summed E-state index contributed by atoms with van der Waals surface area (Å²) in [5.74, 6) is -0.848. The van der Waals surface area contributed by atoms with Crippen LogP contribution in [0.4, 0.5) is 5.00 Å². The van der Waals surface area contributed by atoms with Crippen LogP contribution in [0.1, 0.15) is 68.1 Å². The summed E-state index contributed by atoms with van der Waals surface area (Å²) in [6.45, 7) is 1.69. The number of hydrogen-bond acceptors (Lipinski definition) is 6. The Labute approximate surface area is 179 Å². The lowest BCUT2D eigenvalue weighted by atomic mass is 9.95. The molecule has 1 aromatic carbocycles. The third-order valence-corrected chi connectivity index (χ3v) is 6.47. The Balaban J connectivity index is 1.89. The Morgan fingerprint density at radius 1 is 1.03 bits per heavy atom. The Morgan fingerprint density at radius 2 is 1.73 bits per heavy atom. The molecule has 2 N–H and O–H groups in total. The van der Waals surface area contributed by atoms with E-state index >= 15 is 0 Å². The number of nitrogens with one attached hydrogen (secondary N) is 2. The third kappa shape index (κ3) is 4.64. The van der Waals surface area contributed by atoms with E-state index in [0.717, 1.165) is 37.0 Å². The molecule has 3 rings (SSSR count). The summed E-state index contributed by atoms with van der Waals surface area (Å²) >= 11 is 1.08. The third-order valence-electron chi connectivity index (χ3n) is 5.26. The van der Waals surface area contributed by atoms with E-state index in [-0.39, 0.29) is 22.5 Å². The van der Waals surface area contributed by atoms with E-state index in [1.54, 1.807) is 31.2 Å². The molecule has 1 aliphatic rings. The highest BCUT2D eigenvalue weighted by Gasteiger charge is 2.28. The Morgan fingerprint density at radius 3 is 2.40 bits per heavy atom. The van der Waals surface area contributed by atoms with Gasteiger partial charge in [-0.15, -0.1) is 11.3 Å². The van der Waals surface area contributed by atoms with Gasteiger partial charge in [-0.1, -0.05) is 31.4 Å². The van der Waals surface area contributed by atoms with Crippen LogP contribution in [0.15, 0.2) is 24.3 Å². The fourth-order valence-electron chi connectivity index (χ4n) is 3.67. The van der Waals surface area contributed by atoms with Gasteiger partial charge in [-0.3, -0.25) is 9.59 Å². The van der Waals surface area contributed by atoms with Crippen LogP contribution in [-0.2, 0) is 4.74 Å². The second kappa shape index (κ2) is 9.75. The van der Waals surface area contributed by atoms with Crippen molar-refractivity contribution in [2.45, 2.75) is 45.1 Å². The molecule has 1 fully saturated rings. The number of ether oxygens (including phenoxy) is 2. The van der Waals surface area contributed by atoms with Crippen molar-refractivity contribution in [3.63, 3.8) is 0 Å². The molecular formula is C22H26N2O5S. The van der Waals surface area contributed by atoms with Crippen LogP contribution in [0.5, 0.6) is 5.75 Å². The fourth-order valence-corrected chi connectivity index (χ4v) is 4.76. The van der Waals surface area contributed by atoms with E-state index < -0.39 is 11.9 Å². The molecule has 0 radical (unpaired) electrons. The predicted octanol–water partition coefficient (Wildman–Crippen LogP) is 4.17. The highest BCUT2D eigenvalue weighted by Crippen LogP contribution is 2.35. The highest BCUT2D eigenvalue weighted by molar-refractivity contribution is 7.18. The van der Waals surface area contributed by atoms with E-state index in [0.29, 0.717) is 21.8 Å². The van der Waals surface area contributed by atoms with Crippen molar-refractivity contribution in [2.24, 2.45) is 0 Å². The van der Waals surface area contributed by atoms with Crippen LogP contribution < -0.4 is 15.4 Å². The lowest BCUT2D eigenvalue weighted by molar-refractivity contribution is 0.0601. The number of carbonyl (C=O) groups is 3. The molecule has 7 nitrogen and oxygen atoms in total. The van der Waals surface area contributed by atoms with Gasteiger partial charge in [-0.2, -0.15) is 0 Å². The number of carbonyl (C=O) groups excluding carboxylic acids is 3. The van der Waals surface area contributed by atoms with Crippen LogP contribution in [0, 0.1) is 6.92 Å². The van der Waals surface area contributed by atoms with Gasteiger partial charge in [-0.05, 0) is 37.5 Å². The van der Waals surface area contributed by atoms with Crippen molar-refractivity contribution >= 4 is 34.1 Å². The van der Waals surface area contributed by atoms with E-state index in [1.807, 2.05) is 0 Å². The van der Waals surface area contributed by atoms with E-state index in [4.69, 9.17) is 9.47 Å². The average molecular weight is 431 g/mol. The largest absolute Gasteiger partial charge is 0.496 e. The zero-order valence-corrected chi connectivity index (χ0v) is 18.2. The number of methoxy groups -OCH3 is 2. The Hall–Kier alpha value is -2.87. The first-order chi connectivity index (χ1) is 14.5. The minimum atomic E-state index is -0.601. The standard InChI is InChI=1S/C22H26N2O5S/c1-13-17(22(27)29-3)21(24-19(25)15-11-7-8-12-16(15)28-2)30-18(13)20(26)23-14-9-5-4-6-10-14/h7-8,11-12,14H,4-6,9-10H2,1-3H3,(H,23,26)(H,24,25). The molecule has 1 heterocycles. The number of para-hydroxylation sites is 1. The van der Waals surface area contributed by atoms with Gasteiger partial charge in [-0.25, -0.2) is 4.79 Å². The molecule has 1 aliphatic carbocycles. The minimum absolute atomic E-state index is 0.140. The van der Waals surface area contributed by atoms with Crippen molar-refractivity contribution in [3.8, 4) is 5.75 Å². The lowest BCUT2D eigenvalue weighted by Crippen LogP contribution is -2.36. The van der Waals surface area contributed by atoms with Gasteiger partial charge in [0.25, 0.3) is 11.8 Å². The Bertz CT molecular complexity index is 947. The molecule has 0 aliphatic heterocycles. The topological polar surface area (TPSA) is 93.7 Å². The summed E-state index contributed by atoms with van der Waals surface area (Å²) in [5, 5.41) is 6.10. The van der Waals surface area contributed by atoms with Crippen molar-refractivity contribution in [3.05, 3.63) is 45.8 Å². The average Bonchev–Trinajstić information content (AvgIpc) is 3.09. The zero-order valence-electron chi connectivity index (χ0n) is 17.4. The van der Waals surface area contributed by atoms with Crippen molar-refractivity contribution in [1.29, 1.82) is 0 Å². The molecule has 30 heavy (non-hydrogen) atoms. The lowest BCUT2D eigenvalue weighted by Gasteiger charge is -2.22. The maximum atomic E-state index is 12.9. The summed E-state index contributed by atoms with van der Waals surface area (Å²) in [4.78, 5) is 38.5. The van der Waals surface area contributed by atoms with Crippen LogP contribution in [0.25, 0.3) is 0 Å². The normalized spacial score (nSPS) is 14.1. The maximum absolute atomic E-state index is 12.9. The van der Waals surface area contributed by atoms with Gasteiger partial charge in [0.05, 0.1) is 30.2 Å². The second-order valence-electron chi connectivity index (χ2n) is 7.21. The first-order valence-electron chi connectivity index (χ1n) is 9.93. The Kier molecular flexibility index (Phi) is 7.10. The molecule has 1 saturated carbocycles. The molecule has 0 saturated heterocycles. The number of rotatable bonds is 6. The molecule has 0 atom stereocenters. The summed E-state index contributed by atoms with van der Waals surface area (Å²) < 4.78 is 10.1. The second-order valence-corrected chi connectivity index (χ2v) is 8.24. The predicted molar refractivity (Wildman–Crippen MR) is 116 cm³/mol. The highest BCUT2D eigenvalue weighted by atomic mass is 32.1. The molecule has 1 aromatic heterocycles. The molecular weight excluding hydrogens is 404 g/mol. The monoisotopic (exact) mass is 430 g/mol. The first-order valence-corrected chi connectivity index (χ1v) is 10.7. The summed E-state index contributed by atoms with van der Waals surface area (Å²) in [5.41, 5.74) is 1.02. The van der Waals surface area contributed by atoms with Crippen LogP contribution in [0.2, 0.25) is 0 Å². The number of thiophene rings is 1. The minimum Gasteiger partial charge on any atom is -0.496 e. The molecule has 0 spiro atoms. The molecule has 0 unspecified atom stereocenters. The smallest absolute Gasteiger partial charge is 0.341 e. The van der Waals surface area contributed by atoms with Crippen molar-refractivity contribution in [1.82, 2.24) is 5.32 Å². The van der Waals surface area contributed by atoms with Crippen LogP contribution >= 0.6 is 11.3 Å². The number of benzene rings is 1. The van der Waals surface area contributed by atoms with Crippen molar-refractivity contribution in [2.75, 3.05) is 19.5 Å². The van der Waals surface area contributed by atoms with E-state index in [9.17, 15) is 14.4 Å². The van der Waals surface area contributed by atoms with Gasteiger partial charge in [0, 0.05) is 6.04 Å². The van der Waals surface area contributed by atoms with E-state index in [2.05, 4.69) is 10.6 Å². The number of esters is 1. The van der Waals surface area contributed by atoms with Gasteiger partial charge >= 0.3 is 5.97 Å². The fraction of sp³-hybridized carbons (Fsp3) is 0.409. The molecule has 0 bridgehead atoms. The van der Waals surface area contributed by atoms with E-state index in [1.165, 1.54) is 20.6 Å². The molecule has 2 amide bonds. The zero-order chi connectivity index (χ0) is 21.7.